The number of ether oxygens (including phenoxy) is 2. The number of benzene rings is 3. The van der Waals surface area contributed by atoms with E-state index in [2.05, 4.69) is 90.2 Å². The number of aromatic nitrogens is 1. The van der Waals surface area contributed by atoms with Crippen LogP contribution in [0.2, 0.25) is 0 Å². The van der Waals surface area contributed by atoms with E-state index in [9.17, 15) is 4.79 Å². The zero-order chi connectivity index (χ0) is 31.8. The Balaban J connectivity index is 1.55. The number of hydrogen-bond donors (Lipinski definition) is 1. The van der Waals surface area contributed by atoms with Crippen molar-refractivity contribution in [3.05, 3.63) is 125 Å². The summed E-state index contributed by atoms with van der Waals surface area (Å²) in [6.07, 6.45) is 16.2. The van der Waals surface area contributed by atoms with Crippen molar-refractivity contribution in [3.63, 3.8) is 0 Å². The van der Waals surface area contributed by atoms with E-state index in [1.54, 1.807) is 7.11 Å². The van der Waals surface area contributed by atoms with Gasteiger partial charge in [-0.1, -0.05) is 61.7 Å². The van der Waals surface area contributed by atoms with Crippen LogP contribution in [0.25, 0.3) is 16.6 Å². The van der Waals surface area contributed by atoms with Gasteiger partial charge in [-0.05, 0) is 70.0 Å². The zero-order valence-corrected chi connectivity index (χ0v) is 27.3. The second-order valence-electron chi connectivity index (χ2n) is 12.5. The fraction of sp³-hybridized carbons (Fsp3) is 0.325. The molecule has 3 aliphatic rings. The summed E-state index contributed by atoms with van der Waals surface area (Å²) in [6.45, 7) is 8.25. The lowest BCUT2D eigenvalue weighted by Gasteiger charge is -2.37. The molecular weight excluding hydrogens is 570 g/mol. The predicted molar refractivity (Wildman–Crippen MR) is 186 cm³/mol. The second kappa shape index (κ2) is 12.2. The Bertz CT molecular complexity index is 1890. The van der Waals surface area contributed by atoms with Gasteiger partial charge in [0.25, 0.3) is 0 Å². The van der Waals surface area contributed by atoms with E-state index in [1.165, 1.54) is 32.1 Å². The van der Waals surface area contributed by atoms with Crippen LogP contribution in [-0.2, 0) is 16.9 Å². The van der Waals surface area contributed by atoms with Crippen LogP contribution in [-0.4, -0.2) is 30.2 Å². The smallest absolute Gasteiger partial charge is 0.340 e. The average Bonchev–Trinajstić information content (AvgIpc) is 3.38. The van der Waals surface area contributed by atoms with Crippen molar-refractivity contribution in [2.45, 2.75) is 71.1 Å². The topological polar surface area (TPSA) is 55.7 Å². The number of esters is 1. The van der Waals surface area contributed by atoms with E-state index in [4.69, 9.17) is 9.47 Å². The Morgan fingerprint density at radius 1 is 0.957 bits per heavy atom. The molecule has 1 aliphatic carbocycles. The molecule has 46 heavy (non-hydrogen) atoms. The minimum absolute atomic E-state index is 0.339. The molecule has 6 heteroatoms. The largest absolute Gasteiger partial charge is 0.496 e. The highest BCUT2D eigenvalue weighted by Crippen LogP contribution is 2.55. The summed E-state index contributed by atoms with van der Waals surface area (Å²) in [6, 6.07) is 21.4. The number of para-hydroxylation sites is 1. The van der Waals surface area contributed by atoms with Crippen LogP contribution in [0.1, 0.15) is 84.3 Å². The minimum Gasteiger partial charge on any atom is -0.496 e. The number of rotatable bonds is 8. The molecule has 3 heterocycles. The SMILES string of the molecule is CCN(c1ccc(C2(c3c(C)n(CC)c4ccccc34)OC(=O)c3cccc(C4=CC=CC=CN4)c32)c(OC)c1)C1CCCCC1. The number of aryl methyl sites for hydroxylation is 1. The van der Waals surface area contributed by atoms with Crippen molar-refractivity contribution in [2.24, 2.45) is 0 Å². The number of nitrogens with zero attached hydrogens (tertiary/aromatic N) is 2. The fourth-order valence-corrected chi connectivity index (χ4v) is 8.17. The maximum Gasteiger partial charge on any atom is 0.340 e. The lowest BCUT2D eigenvalue weighted by Crippen LogP contribution is -2.37. The molecule has 0 bridgehead atoms. The summed E-state index contributed by atoms with van der Waals surface area (Å²) in [5.74, 6) is 0.367. The molecule has 1 fully saturated rings. The standard InChI is InChI=1S/C40H43N3O3/c1-5-42-27(3)37(31-18-12-13-22-35(31)42)40(33-24-23-29(26-36(33)45-4)43(6-2)28-16-9-7-10-17-28)38-30(34-21-11-8-14-25-41-34)19-15-20-32(38)39(44)46-40/h8,11-15,18-26,28,41H,5-7,9-10,16-17H2,1-4H3. The van der Waals surface area contributed by atoms with Crippen LogP contribution >= 0.6 is 0 Å². The quantitative estimate of drug-likeness (QED) is 0.202. The number of allylic oxidation sites excluding steroid dienone is 4. The summed E-state index contributed by atoms with van der Waals surface area (Å²) >= 11 is 0. The maximum absolute atomic E-state index is 14.1. The van der Waals surface area contributed by atoms with Crippen molar-refractivity contribution in [2.75, 3.05) is 18.6 Å². The van der Waals surface area contributed by atoms with Crippen LogP contribution in [0.3, 0.4) is 0 Å². The summed E-state index contributed by atoms with van der Waals surface area (Å²) in [4.78, 5) is 16.7. The van der Waals surface area contributed by atoms with Gasteiger partial charge in [0.1, 0.15) is 5.75 Å². The summed E-state index contributed by atoms with van der Waals surface area (Å²) in [7, 11) is 1.73. The number of fused-ring (bicyclic) bond motifs is 2. The van der Waals surface area contributed by atoms with Crippen molar-refractivity contribution >= 4 is 28.3 Å². The Kier molecular flexibility index (Phi) is 7.97. The number of anilines is 1. The average molecular weight is 614 g/mol. The number of cyclic esters (lactones) is 1. The lowest BCUT2D eigenvalue weighted by molar-refractivity contribution is 0.0247. The van der Waals surface area contributed by atoms with Crippen molar-refractivity contribution in [1.82, 2.24) is 9.88 Å². The number of nitrogens with one attached hydrogen (secondary N) is 1. The Hall–Kier alpha value is -4.71. The van der Waals surface area contributed by atoms with E-state index >= 15 is 0 Å². The molecule has 4 aromatic rings. The highest BCUT2D eigenvalue weighted by Gasteiger charge is 2.54. The van der Waals surface area contributed by atoms with E-state index < -0.39 is 5.60 Å². The van der Waals surface area contributed by atoms with Gasteiger partial charge < -0.3 is 24.3 Å². The Morgan fingerprint density at radius 2 is 1.76 bits per heavy atom. The Morgan fingerprint density at radius 3 is 2.54 bits per heavy atom. The van der Waals surface area contributed by atoms with Crippen LogP contribution in [0.5, 0.6) is 5.75 Å². The first-order valence-corrected chi connectivity index (χ1v) is 16.7. The van der Waals surface area contributed by atoms with Gasteiger partial charge in [-0.2, -0.15) is 0 Å². The molecular formula is C40H43N3O3. The Labute approximate surface area is 272 Å². The third kappa shape index (κ3) is 4.65. The van der Waals surface area contributed by atoms with Gasteiger partial charge >= 0.3 is 5.97 Å². The minimum atomic E-state index is -1.26. The molecule has 1 saturated carbocycles. The van der Waals surface area contributed by atoms with E-state index in [0.717, 1.165) is 63.3 Å². The zero-order valence-electron chi connectivity index (χ0n) is 27.3. The van der Waals surface area contributed by atoms with E-state index in [0.29, 0.717) is 17.4 Å². The fourth-order valence-electron chi connectivity index (χ4n) is 8.17. The van der Waals surface area contributed by atoms with Gasteiger partial charge in [0.05, 0.1) is 12.7 Å². The van der Waals surface area contributed by atoms with Crippen molar-refractivity contribution < 1.29 is 14.3 Å². The summed E-state index contributed by atoms with van der Waals surface area (Å²) in [5, 5.41) is 4.51. The van der Waals surface area contributed by atoms with Gasteiger partial charge in [-0.15, -0.1) is 0 Å². The van der Waals surface area contributed by atoms with Gasteiger partial charge in [0.15, 0.2) is 5.60 Å². The third-order valence-electron chi connectivity index (χ3n) is 10.1. The highest BCUT2D eigenvalue weighted by atomic mass is 16.6. The molecule has 0 radical (unpaired) electrons. The van der Waals surface area contributed by atoms with Gasteiger partial charge in [-0.3, -0.25) is 0 Å². The van der Waals surface area contributed by atoms with Crippen LogP contribution in [0.4, 0.5) is 5.69 Å². The number of carbonyl (C=O) groups is 1. The summed E-state index contributed by atoms with van der Waals surface area (Å²) < 4.78 is 15.5. The molecule has 3 aromatic carbocycles. The molecule has 1 unspecified atom stereocenters. The first kappa shape index (κ1) is 30.0. The highest BCUT2D eigenvalue weighted by molar-refractivity contribution is 6.01. The molecule has 1 atom stereocenters. The number of carbonyl (C=O) groups excluding carboxylic acids is 1. The molecule has 1 aromatic heterocycles. The van der Waals surface area contributed by atoms with Crippen molar-refractivity contribution in [3.8, 4) is 5.75 Å². The molecule has 0 saturated heterocycles. The summed E-state index contributed by atoms with van der Waals surface area (Å²) in [5.41, 5.74) is 7.04. The molecule has 2 aliphatic heterocycles. The third-order valence-corrected chi connectivity index (χ3v) is 10.1. The first-order valence-electron chi connectivity index (χ1n) is 16.7. The van der Waals surface area contributed by atoms with Crippen LogP contribution in [0.15, 0.2) is 91.2 Å². The molecule has 236 valence electrons. The predicted octanol–water partition coefficient (Wildman–Crippen LogP) is 8.61. The maximum atomic E-state index is 14.1. The van der Waals surface area contributed by atoms with Crippen LogP contribution in [0, 0.1) is 6.92 Å². The molecule has 6 nitrogen and oxygen atoms in total. The van der Waals surface area contributed by atoms with Crippen LogP contribution < -0.4 is 15.0 Å². The van der Waals surface area contributed by atoms with Gasteiger partial charge in [0, 0.05) is 81.6 Å². The van der Waals surface area contributed by atoms with Gasteiger partial charge in [0.2, 0.25) is 0 Å². The molecule has 0 amide bonds. The second-order valence-corrected chi connectivity index (χ2v) is 12.5. The molecule has 7 rings (SSSR count). The monoisotopic (exact) mass is 613 g/mol. The normalized spacial score (nSPS) is 19.4. The van der Waals surface area contributed by atoms with E-state index in [1.807, 2.05) is 36.6 Å². The first-order chi connectivity index (χ1) is 22.5. The molecule has 1 N–H and O–H groups in total. The lowest BCUT2D eigenvalue weighted by atomic mass is 9.75. The number of methoxy groups -OCH3 is 1. The van der Waals surface area contributed by atoms with E-state index in [-0.39, 0.29) is 5.97 Å². The number of hydrogen-bond acceptors (Lipinski definition) is 5. The van der Waals surface area contributed by atoms with Crippen molar-refractivity contribution in [1.29, 1.82) is 0 Å². The molecule has 0 spiro atoms. The van der Waals surface area contributed by atoms with Gasteiger partial charge in [-0.25, -0.2) is 4.79 Å².